The standard InChI is InChI=1S/C21H24N2O5S/c1-25-15-9-13(10-16(26-2)19(15)27-3)12-22-23-21(24)20(28-4)18-11-14-7-5-6-8-17(14)29-18/h5-12,14,17,20H,1-4H3,(H,23,24)/b22-12+. The fourth-order valence-corrected chi connectivity index (χ4v) is 4.54. The van der Waals surface area contributed by atoms with Crippen LogP contribution in [0, 0.1) is 5.92 Å². The maximum atomic E-state index is 12.6. The van der Waals surface area contributed by atoms with E-state index in [4.69, 9.17) is 18.9 Å². The molecule has 3 rings (SSSR count). The van der Waals surface area contributed by atoms with E-state index < -0.39 is 6.10 Å². The molecule has 0 saturated carbocycles. The minimum atomic E-state index is -0.704. The van der Waals surface area contributed by atoms with Crippen LogP contribution < -0.4 is 19.6 Å². The van der Waals surface area contributed by atoms with Crippen LogP contribution in [-0.4, -0.2) is 51.9 Å². The summed E-state index contributed by atoms with van der Waals surface area (Å²) in [7, 11) is 6.13. The summed E-state index contributed by atoms with van der Waals surface area (Å²) in [4.78, 5) is 13.5. The Balaban J connectivity index is 1.69. The molecule has 1 aliphatic heterocycles. The molecule has 0 fully saturated rings. The molecular weight excluding hydrogens is 392 g/mol. The maximum absolute atomic E-state index is 12.6. The summed E-state index contributed by atoms with van der Waals surface area (Å²) in [5.74, 6) is 1.45. The number of rotatable bonds is 8. The third-order valence-corrected chi connectivity index (χ3v) is 5.93. The smallest absolute Gasteiger partial charge is 0.274 e. The summed E-state index contributed by atoms with van der Waals surface area (Å²) >= 11 is 1.64. The number of nitrogens with one attached hydrogen (secondary N) is 1. The Hall–Kier alpha value is -2.71. The maximum Gasteiger partial charge on any atom is 0.274 e. The summed E-state index contributed by atoms with van der Waals surface area (Å²) in [6.45, 7) is 0. The number of benzene rings is 1. The van der Waals surface area contributed by atoms with Crippen molar-refractivity contribution in [3.63, 3.8) is 0 Å². The largest absolute Gasteiger partial charge is 0.493 e. The predicted molar refractivity (Wildman–Crippen MR) is 114 cm³/mol. The third-order valence-electron chi connectivity index (χ3n) is 4.56. The molecule has 1 N–H and O–H groups in total. The van der Waals surface area contributed by atoms with E-state index in [1.54, 1.807) is 23.9 Å². The lowest BCUT2D eigenvalue weighted by molar-refractivity contribution is -0.128. The first kappa shape index (κ1) is 21.0. The van der Waals surface area contributed by atoms with Crippen molar-refractivity contribution >= 4 is 23.9 Å². The quantitative estimate of drug-likeness (QED) is 0.519. The molecule has 3 atom stereocenters. The van der Waals surface area contributed by atoms with Gasteiger partial charge in [-0.2, -0.15) is 5.10 Å². The van der Waals surface area contributed by atoms with Gasteiger partial charge >= 0.3 is 0 Å². The van der Waals surface area contributed by atoms with Crippen molar-refractivity contribution in [2.24, 2.45) is 11.0 Å². The van der Waals surface area contributed by atoms with E-state index in [2.05, 4.69) is 28.8 Å². The van der Waals surface area contributed by atoms with E-state index in [1.165, 1.54) is 34.7 Å². The Morgan fingerprint density at radius 1 is 1.10 bits per heavy atom. The minimum absolute atomic E-state index is 0.285. The molecule has 1 heterocycles. The number of ether oxygens (including phenoxy) is 4. The van der Waals surface area contributed by atoms with E-state index >= 15 is 0 Å². The predicted octanol–water partition coefficient (Wildman–Crippen LogP) is 2.92. The van der Waals surface area contributed by atoms with E-state index in [9.17, 15) is 4.79 Å². The number of methoxy groups -OCH3 is 4. The number of carbonyl (C=O) groups excluding carboxylic acids is 1. The Morgan fingerprint density at radius 2 is 1.79 bits per heavy atom. The van der Waals surface area contributed by atoms with Crippen LogP contribution in [0.2, 0.25) is 0 Å². The lowest BCUT2D eigenvalue weighted by atomic mass is 10.00. The van der Waals surface area contributed by atoms with Crippen LogP contribution in [-0.2, 0) is 9.53 Å². The molecular formula is C21H24N2O5S. The van der Waals surface area contributed by atoms with Crippen LogP contribution in [0.25, 0.3) is 0 Å². The van der Waals surface area contributed by atoms with E-state index in [1.807, 2.05) is 12.2 Å². The van der Waals surface area contributed by atoms with Crippen LogP contribution in [0.3, 0.4) is 0 Å². The number of hydrogen-bond donors (Lipinski definition) is 1. The molecule has 154 valence electrons. The molecule has 0 saturated heterocycles. The molecule has 1 aliphatic carbocycles. The van der Waals surface area contributed by atoms with Gasteiger partial charge in [-0.05, 0) is 12.1 Å². The first-order valence-corrected chi connectivity index (χ1v) is 9.88. The highest BCUT2D eigenvalue weighted by Crippen LogP contribution is 2.42. The first-order valence-electron chi connectivity index (χ1n) is 9.00. The number of nitrogens with zero attached hydrogens (tertiary/aromatic N) is 1. The van der Waals surface area contributed by atoms with Crippen molar-refractivity contribution in [3.05, 3.63) is 53.0 Å². The topological polar surface area (TPSA) is 78.4 Å². The molecule has 0 radical (unpaired) electrons. The highest BCUT2D eigenvalue weighted by atomic mass is 32.2. The third kappa shape index (κ3) is 4.65. The molecule has 0 bridgehead atoms. The lowest BCUT2D eigenvalue weighted by Gasteiger charge is -2.16. The van der Waals surface area contributed by atoms with Crippen LogP contribution in [0.5, 0.6) is 17.2 Å². The molecule has 29 heavy (non-hydrogen) atoms. The average molecular weight is 416 g/mol. The van der Waals surface area contributed by atoms with E-state index in [-0.39, 0.29) is 11.8 Å². The van der Waals surface area contributed by atoms with Crippen LogP contribution in [0.15, 0.2) is 52.5 Å². The first-order chi connectivity index (χ1) is 14.1. The summed E-state index contributed by atoms with van der Waals surface area (Å²) in [5, 5.41) is 4.37. The molecule has 0 spiro atoms. The summed E-state index contributed by atoms with van der Waals surface area (Å²) in [6, 6.07) is 3.48. The van der Waals surface area contributed by atoms with Crippen molar-refractivity contribution in [1.82, 2.24) is 5.43 Å². The molecule has 1 aromatic rings. The number of thioether (sulfide) groups is 1. The molecule has 3 unspecified atom stereocenters. The SMILES string of the molecule is COc1cc(/C=N/NC(=O)C(OC)C2=CC3C=CC=CC3S2)cc(OC)c1OC. The Morgan fingerprint density at radius 3 is 2.38 bits per heavy atom. The number of hydrogen-bond acceptors (Lipinski definition) is 7. The van der Waals surface area contributed by atoms with Crippen molar-refractivity contribution in [2.75, 3.05) is 28.4 Å². The number of fused-ring (bicyclic) bond motifs is 1. The molecule has 0 aromatic heterocycles. The summed E-state index contributed by atoms with van der Waals surface area (Å²) in [5.41, 5.74) is 3.23. The van der Waals surface area contributed by atoms with Gasteiger partial charge in [0.05, 0.1) is 27.5 Å². The summed E-state index contributed by atoms with van der Waals surface area (Å²) in [6.07, 6.45) is 11.2. The number of carbonyl (C=O) groups is 1. The van der Waals surface area contributed by atoms with Gasteiger partial charge in [0, 0.05) is 28.7 Å². The molecule has 1 amide bonds. The molecule has 2 aliphatic rings. The van der Waals surface area contributed by atoms with Gasteiger partial charge in [-0.3, -0.25) is 4.79 Å². The second-order valence-corrected chi connectivity index (χ2v) is 7.56. The molecule has 8 heteroatoms. The van der Waals surface area contributed by atoms with Crippen molar-refractivity contribution in [2.45, 2.75) is 11.4 Å². The van der Waals surface area contributed by atoms with Gasteiger partial charge in [-0.1, -0.05) is 30.4 Å². The van der Waals surface area contributed by atoms with Gasteiger partial charge < -0.3 is 18.9 Å². The van der Waals surface area contributed by atoms with Gasteiger partial charge in [-0.15, -0.1) is 11.8 Å². The fraction of sp³-hybridized carbons (Fsp3) is 0.333. The highest BCUT2D eigenvalue weighted by molar-refractivity contribution is 8.04. The van der Waals surface area contributed by atoms with Crippen molar-refractivity contribution in [1.29, 1.82) is 0 Å². The van der Waals surface area contributed by atoms with E-state index in [0.29, 0.717) is 28.1 Å². The van der Waals surface area contributed by atoms with Gasteiger partial charge in [0.15, 0.2) is 17.6 Å². The lowest BCUT2D eigenvalue weighted by Crippen LogP contribution is -2.33. The number of amides is 1. The van der Waals surface area contributed by atoms with E-state index in [0.717, 1.165) is 4.91 Å². The Kier molecular flexibility index (Phi) is 7.00. The monoisotopic (exact) mass is 416 g/mol. The van der Waals surface area contributed by atoms with Crippen LogP contribution in [0.4, 0.5) is 0 Å². The van der Waals surface area contributed by atoms with Crippen molar-refractivity contribution < 1.29 is 23.7 Å². The average Bonchev–Trinajstić information content (AvgIpc) is 3.17. The molecule has 1 aromatic carbocycles. The number of hydrazone groups is 1. The van der Waals surface area contributed by atoms with Gasteiger partial charge in [0.25, 0.3) is 5.91 Å². The zero-order chi connectivity index (χ0) is 20.8. The highest BCUT2D eigenvalue weighted by Gasteiger charge is 2.33. The Bertz CT molecular complexity index is 853. The normalized spacial score (nSPS) is 20.9. The van der Waals surface area contributed by atoms with Gasteiger partial charge in [0.1, 0.15) is 0 Å². The fourth-order valence-electron chi connectivity index (χ4n) is 3.16. The van der Waals surface area contributed by atoms with Gasteiger partial charge in [-0.25, -0.2) is 5.43 Å². The second-order valence-electron chi connectivity index (χ2n) is 6.31. The van der Waals surface area contributed by atoms with Crippen molar-refractivity contribution in [3.8, 4) is 17.2 Å². The Labute approximate surface area is 174 Å². The zero-order valence-electron chi connectivity index (χ0n) is 16.7. The minimum Gasteiger partial charge on any atom is -0.493 e. The number of allylic oxidation sites excluding steroid dienone is 4. The molecule has 7 nitrogen and oxygen atoms in total. The summed E-state index contributed by atoms with van der Waals surface area (Å²) < 4.78 is 21.4. The van der Waals surface area contributed by atoms with Crippen LogP contribution >= 0.6 is 11.8 Å². The van der Waals surface area contributed by atoms with Crippen LogP contribution in [0.1, 0.15) is 5.56 Å². The zero-order valence-corrected chi connectivity index (χ0v) is 17.6. The second kappa shape index (κ2) is 9.67. The van der Waals surface area contributed by atoms with Gasteiger partial charge in [0.2, 0.25) is 5.75 Å².